The van der Waals surface area contributed by atoms with E-state index in [9.17, 15) is 0 Å². The summed E-state index contributed by atoms with van der Waals surface area (Å²) < 4.78 is 0.795. The molecule has 0 aliphatic heterocycles. The standard InChI is InChI=1S/C8H6BIN2/c9-6-1-2-7-5(3-6)4-11-8(10)12-7/h1-4H,9H2. The van der Waals surface area contributed by atoms with Gasteiger partial charge < -0.3 is 0 Å². The number of halogens is 1. The molecule has 58 valence electrons. The Morgan fingerprint density at radius 2 is 2.17 bits per heavy atom. The Bertz CT molecular complexity index is 389. The number of fused-ring (bicyclic) bond motifs is 1. The van der Waals surface area contributed by atoms with E-state index >= 15 is 0 Å². The van der Waals surface area contributed by atoms with E-state index in [2.05, 4.69) is 52.5 Å². The smallest absolute Gasteiger partial charge is 0.191 e. The molecule has 1 heterocycles. The van der Waals surface area contributed by atoms with Crippen molar-refractivity contribution in [1.29, 1.82) is 0 Å². The third kappa shape index (κ3) is 1.43. The molecule has 2 aromatic rings. The molecule has 0 N–H and O–H groups in total. The number of aromatic nitrogens is 2. The third-order valence-corrected chi connectivity index (χ3v) is 2.23. The van der Waals surface area contributed by atoms with E-state index in [1.807, 2.05) is 12.3 Å². The first-order valence-electron chi connectivity index (χ1n) is 3.64. The molecule has 0 unspecified atom stereocenters. The normalized spacial score (nSPS) is 10.4. The molecule has 0 bridgehead atoms. The topological polar surface area (TPSA) is 25.8 Å². The molecule has 0 saturated carbocycles. The summed E-state index contributed by atoms with van der Waals surface area (Å²) in [6, 6.07) is 6.17. The predicted molar refractivity (Wildman–Crippen MR) is 60.4 cm³/mol. The van der Waals surface area contributed by atoms with Gasteiger partial charge in [-0.05, 0) is 6.07 Å². The van der Waals surface area contributed by atoms with Crippen LogP contribution in [0.15, 0.2) is 24.4 Å². The van der Waals surface area contributed by atoms with E-state index < -0.39 is 0 Å². The van der Waals surface area contributed by atoms with Crippen molar-refractivity contribution in [3.05, 3.63) is 28.2 Å². The van der Waals surface area contributed by atoms with Crippen molar-refractivity contribution < 1.29 is 0 Å². The second-order valence-corrected chi connectivity index (χ2v) is 3.67. The van der Waals surface area contributed by atoms with Crippen LogP contribution in [0.3, 0.4) is 0 Å². The molecule has 0 amide bonds. The molecule has 0 spiro atoms. The monoisotopic (exact) mass is 268 g/mol. The first-order valence-corrected chi connectivity index (χ1v) is 4.72. The second-order valence-electron chi connectivity index (χ2n) is 2.70. The number of hydrogen-bond acceptors (Lipinski definition) is 2. The second kappa shape index (κ2) is 3.01. The van der Waals surface area contributed by atoms with Gasteiger partial charge >= 0.3 is 0 Å². The third-order valence-electron chi connectivity index (χ3n) is 1.71. The van der Waals surface area contributed by atoms with E-state index in [1.54, 1.807) is 0 Å². The highest BCUT2D eigenvalue weighted by molar-refractivity contribution is 14.1. The lowest BCUT2D eigenvalue weighted by molar-refractivity contribution is 1.15. The van der Waals surface area contributed by atoms with Crippen LogP contribution in [0.25, 0.3) is 10.9 Å². The van der Waals surface area contributed by atoms with Gasteiger partial charge in [-0.3, -0.25) is 0 Å². The van der Waals surface area contributed by atoms with Gasteiger partial charge in [0.2, 0.25) is 0 Å². The van der Waals surface area contributed by atoms with Crippen LogP contribution in [0.4, 0.5) is 0 Å². The Morgan fingerprint density at radius 1 is 1.33 bits per heavy atom. The van der Waals surface area contributed by atoms with Crippen LogP contribution in [-0.2, 0) is 0 Å². The van der Waals surface area contributed by atoms with Gasteiger partial charge in [0.1, 0.15) is 7.85 Å². The first kappa shape index (κ1) is 7.98. The zero-order valence-electron chi connectivity index (χ0n) is 6.58. The Balaban J connectivity index is 2.79. The van der Waals surface area contributed by atoms with Crippen LogP contribution in [0, 0.1) is 3.83 Å². The maximum atomic E-state index is 4.29. The van der Waals surface area contributed by atoms with Gasteiger partial charge in [0.25, 0.3) is 0 Å². The van der Waals surface area contributed by atoms with Gasteiger partial charge in [0.15, 0.2) is 3.83 Å². The zero-order chi connectivity index (χ0) is 8.55. The SMILES string of the molecule is Bc1ccc2nc(I)ncc2c1. The van der Waals surface area contributed by atoms with Crippen LogP contribution < -0.4 is 5.46 Å². The van der Waals surface area contributed by atoms with Crippen molar-refractivity contribution in [3.8, 4) is 0 Å². The molecule has 0 atom stereocenters. The number of benzene rings is 1. The van der Waals surface area contributed by atoms with Gasteiger partial charge in [-0.2, -0.15) is 0 Å². The minimum atomic E-state index is 0.795. The van der Waals surface area contributed by atoms with Gasteiger partial charge in [-0.15, -0.1) is 0 Å². The molecule has 12 heavy (non-hydrogen) atoms. The first-order chi connectivity index (χ1) is 5.75. The fourth-order valence-corrected chi connectivity index (χ4v) is 1.53. The van der Waals surface area contributed by atoms with Crippen molar-refractivity contribution in [2.75, 3.05) is 0 Å². The molecule has 2 rings (SSSR count). The van der Waals surface area contributed by atoms with Crippen molar-refractivity contribution in [3.63, 3.8) is 0 Å². The molecule has 2 nitrogen and oxygen atoms in total. The molecule has 4 heteroatoms. The minimum Gasteiger partial charge on any atom is -0.231 e. The lowest BCUT2D eigenvalue weighted by Crippen LogP contribution is -2.01. The Hall–Kier alpha value is -0.645. The van der Waals surface area contributed by atoms with Crippen molar-refractivity contribution in [2.24, 2.45) is 0 Å². The van der Waals surface area contributed by atoms with Crippen LogP contribution in [0.5, 0.6) is 0 Å². The van der Waals surface area contributed by atoms with Crippen molar-refractivity contribution in [2.45, 2.75) is 0 Å². The molecule has 0 saturated heterocycles. The molecule has 0 radical (unpaired) electrons. The predicted octanol–water partition coefficient (Wildman–Crippen LogP) is 0.493. The quantitative estimate of drug-likeness (QED) is 0.395. The Kier molecular flexibility index (Phi) is 2.00. The van der Waals surface area contributed by atoms with Crippen LogP contribution in [-0.4, -0.2) is 17.8 Å². The average molecular weight is 268 g/mol. The van der Waals surface area contributed by atoms with Crippen LogP contribution in [0.2, 0.25) is 0 Å². The summed E-state index contributed by atoms with van der Waals surface area (Å²) in [4.78, 5) is 8.42. The van der Waals surface area contributed by atoms with Crippen molar-refractivity contribution >= 4 is 46.8 Å². The van der Waals surface area contributed by atoms with Crippen LogP contribution in [0.1, 0.15) is 0 Å². The van der Waals surface area contributed by atoms with E-state index in [0.29, 0.717) is 0 Å². The number of rotatable bonds is 0. The van der Waals surface area contributed by atoms with Crippen LogP contribution >= 0.6 is 22.6 Å². The number of hydrogen-bond donors (Lipinski definition) is 0. The highest BCUT2D eigenvalue weighted by Crippen LogP contribution is 2.08. The molecular weight excluding hydrogens is 262 g/mol. The summed E-state index contributed by atoms with van der Waals surface area (Å²) in [5, 5.41) is 1.11. The Morgan fingerprint density at radius 3 is 3.00 bits per heavy atom. The average Bonchev–Trinajstić information content (AvgIpc) is 2.05. The lowest BCUT2D eigenvalue weighted by atomic mass is 9.95. The molecule has 0 aliphatic rings. The fraction of sp³-hybridized carbons (Fsp3) is 0. The summed E-state index contributed by atoms with van der Waals surface area (Å²) in [6.07, 6.45) is 1.86. The van der Waals surface area contributed by atoms with E-state index in [-0.39, 0.29) is 0 Å². The fourth-order valence-electron chi connectivity index (χ4n) is 1.13. The summed E-state index contributed by atoms with van der Waals surface area (Å²) in [7, 11) is 2.07. The maximum absolute atomic E-state index is 4.29. The van der Waals surface area contributed by atoms with Crippen molar-refractivity contribution in [1.82, 2.24) is 9.97 Å². The highest BCUT2D eigenvalue weighted by Gasteiger charge is 1.95. The van der Waals surface area contributed by atoms with E-state index in [4.69, 9.17) is 0 Å². The summed E-state index contributed by atoms with van der Waals surface area (Å²) >= 11 is 2.11. The zero-order valence-corrected chi connectivity index (χ0v) is 8.74. The molecular formula is C8H6BIN2. The summed E-state index contributed by atoms with van der Waals surface area (Å²) in [5.74, 6) is 0. The highest BCUT2D eigenvalue weighted by atomic mass is 127. The molecule has 0 fully saturated rings. The van der Waals surface area contributed by atoms with Gasteiger partial charge in [0.05, 0.1) is 5.52 Å². The lowest BCUT2D eigenvalue weighted by Gasteiger charge is -1.97. The maximum Gasteiger partial charge on any atom is 0.191 e. The molecule has 1 aromatic carbocycles. The summed E-state index contributed by atoms with van der Waals surface area (Å²) in [5.41, 5.74) is 2.26. The molecule has 0 aliphatic carbocycles. The Labute approximate surface area is 85.0 Å². The molecule has 1 aromatic heterocycles. The minimum absolute atomic E-state index is 0.795. The van der Waals surface area contributed by atoms with Gasteiger partial charge in [-0.1, -0.05) is 17.6 Å². The van der Waals surface area contributed by atoms with Gasteiger partial charge in [-0.25, -0.2) is 9.97 Å². The largest absolute Gasteiger partial charge is 0.231 e. The van der Waals surface area contributed by atoms with Gasteiger partial charge in [0, 0.05) is 34.2 Å². The van der Waals surface area contributed by atoms with E-state index in [0.717, 1.165) is 14.7 Å². The number of nitrogens with zero attached hydrogens (tertiary/aromatic N) is 2. The van der Waals surface area contributed by atoms with E-state index in [1.165, 1.54) is 5.46 Å². The summed E-state index contributed by atoms with van der Waals surface area (Å²) in [6.45, 7) is 0.